The van der Waals surface area contributed by atoms with Crippen LogP contribution in [-0.2, 0) is 0 Å². The second-order valence-corrected chi connectivity index (χ2v) is 8.69. The Morgan fingerprint density at radius 3 is 2.28 bits per heavy atom. The van der Waals surface area contributed by atoms with Crippen LogP contribution in [0.5, 0.6) is 0 Å². The number of benzene rings is 3. The number of rotatable bonds is 2. The van der Waals surface area contributed by atoms with Gasteiger partial charge in [-0.1, -0.05) is 36.4 Å². The van der Waals surface area contributed by atoms with Crippen molar-refractivity contribution in [1.29, 1.82) is 0 Å². The maximum atomic E-state index is 4.84. The quantitative estimate of drug-likeness (QED) is 0.319. The number of fused-ring (bicyclic) bond motifs is 7. The van der Waals surface area contributed by atoms with Crippen molar-refractivity contribution in [2.75, 3.05) is 0 Å². The van der Waals surface area contributed by atoms with Gasteiger partial charge in [0, 0.05) is 43.7 Å². The van der Waals surface area contributed by atoms with E-state index in [0.29, 0.717) is 5.82 Å². The summed E-state index contributed by atoms with van der Waals surface area (Å²) in [5.41, 5.74) is 4.42. The molecule has 0 spiro atoms. The van der Waals surface area contributed by atoms with Crippen LogP contribution < -0.4 is 0 Å². The molecule has 0 aliphatic heterocycles. The molecule has 0 N–H and O–H groups in total. The Morgan fingerprint density at radius 2 is 1.44 bits per heavy atom. The Labute approximate surface area is 186 Å². The van der Waals surface area contributed by atoms with Gasteiger partial charge in [0.1, 0.15) is 17.5 Å². The SMILES string of the molecule is c1ccc2c(c1)sc1ncc3c4ccccc4n(-c4ccc(-c5ncncn5)cc4)c3c12. The molecule has 0 fully saturated rings. The van der Waals surface area contributed by atoms with Gasteiger partial charge in [0.2, 0.25) is 0 Å². The number of thiophene rings is 1. The van der Waals surface area contributed by atoms with Crippen LogP contribution in [0.15, 0.2) is 91.6 Å². The van der Waals surface area contributed by atoms with Crippen molar-refractivity contribution in [3.05, 3.63) is 91.6 Å². The molecule has 0 saturated heterocycles. The van der Waals surface area contributed by atoms with Crippen molar-refractivity contribution in [1.82, 2.24) is 24.5 Å². The first-order chi connectivity index (χ1) is 15.9. The molecular formula is C26H15N5S. The van der Waals surface area contributed by atoms with Gasteiger partial charge in [-0.3, -0.25) is 0 Å². The van der Waals surface area contributed by atoms with Gasteiger partial charge in [0.05, 0.1) is 11.0 Å². The van der Waals surface area contributed by atoms with E-state index >= 15 is 0 Å². The van der Waals surface area contributed by atoms with Crippen molar-refractivity contribution in [2.45, 2.75) is 0 Å². The number of aromatic nitrogens is 5. The van der Waals surface area contributed by atoms with E-state index in [-0.39, 0.29) is 0 Å². The van der Waals surface area contributed by atoms with E-state index in [1.54, 1.807) is 11.3 Å². The van der Waals surface area contributed by atoms with Crippen molar-refractivity contribution < 1.29 is 0 Å². The molecule has 7 aromatic rings. The predicted octanol–water partition coefficient (Wildman–Crippen LogP) is 6.40. The highest BCUT2D eigenvalue weighted by Gasteiger charge is 2.18. The van der Waals surface area contributed by atoms with Crippen LogP contribution in [-0.4, -0.2) is 24.5 Å². The summed E-state index contributed by atoms with van der Waals surface area (Å²) in [6, 6.07) is 25.5. The molecule has 32 heavy (non-hydrogen) atoms. The summed E-state index contributed by atoms with van der Waals surface area (Å²) in [7, 11) is 0. The molecule has 4 heterocycles. The molecular weight excluding hydrogens is 414 g/mol. The first kappa shape index (κ1) is 17.5. The Bertz CT molecular complexity index is 1770. The molecule has 4 aromatic heterocycles. The Kier molecular flexibility index (Phi) is 3.65. The zero-order chi connectivity index (χ0) is 21.1. The van der Waals surface area contributed by atoms with E-state index < -0.39 is 0 Å². The van der Waals surface area contributed by atoms with Crippen LogP contribution in [0.1, 0.15) is 0 Å². The highest BCUT2D eigenvalue weighted by Crippen LogP contribution is 2.41. The minimum Gasteiger partial charge on any atom is -0.308 e. The average molecular weight is 430 g/mol. The first-order valence-corrected chi connectivity index (χ1v) is 11.1. The second-order valence-electron chi connectivity index (χ2n) is 7.66. The molecule has 150 valence electrons. The number of pyridine rings is 1. The fourth-order valence-corrected chi connectivity index (χ4v) is 5.58. The summed E-state index contributed by atoms with van der Waals surface area (Å²) in [5, 5.41) is 4.82. The smallest absolute Gasteiger partial charge is 0.162 e. The van der Waals surface area contributed by atoms with Crippen LogP contribution in [0.3, 0.4) is 0 Å². The third-order valence-electron chi connectivity index (χ3n) is 5.92. The van der Waals surface area contributed by atoms with Gasteiger partial charge in [-0.25, -0.2) is 19.9 Å². The van der Waals surface area contributed by atoms with Crippen LogP contribution in [0, 0.1) is 0 Å². The van der Waals surface area contributed by atoms with Crippen molar-refractivity contribution in [3.8, 4) is 17.1 Å². The van der Waals surface area contributed by atoms with Gasteiger partial charge in [-0.05, 0) is 36.4 Å². The first-order valence-electron chi connectivity index (χ1n) is 10.3. The third-order valence-corrected chi connectivity index (χ3v) is 6.99. The summed E-state index contributed by atoms with van der Waals surface area (Å²) in [4.78, 5) is 18.4. The Balaban J connectivity index is 1.59. The van der Waals surface area contributed by atoms with E-state index in [0.717, 1.165) is 21.5 Å². The summed E-state index contributed by atoms with van der Waals surface area (Å²) in [6.45, 7) is 0. The maximum Gasteiger partial charge on any atom is 0.162 e. The molecule has 0 amide bonds. The molecule has 5 nitrogen and oxygen atoms in total. The number of hydrogen-bond donors (Lipinski definition) is 0. The van der Waals surface area contributed by atoms with Gasteiger partial charge in [0.15, 0.2) is 5.82 Å². The zero-order valence-electron chi connectivity index (χ0n) is 16.8. The monoisotopic (exact) mass is 429 g/mol. The molecule has 3 aromatic carbocycles. The molecule has 0 aliphatic carbocycles. The van der Waals surface area contributed by atoms with E-state index in [1.165, 1.54) is 44.5 Å². The van der Waals surface area contributed by atoms with Gasteiger partial charge in [0.25, 0.3) is 0 Å². The van der Waals surface area contributed by atoms with Crippen LogP contribution in [0.2, 0.25) is 0 Å². The molecule has 0 aliphatic rings. The van der Waals surface area contributed by atoms with Gasteiger partial charge < -0.3 is 4.57 Å². The molecule has 0 unspecified atom stereocenters. The summed E-state index contributed by atoms with van der Waals surface area (Å²) in [5.74, 6) is 0.671. The van der Waals surface area contributed by atoms with Crippen molar-refractivity contribution in [2.24, 2.45) is 0 Å². The molecule has 0 bridgehead atoms. The Hall–Kier alpha value is -4.16. The van der Waals surface area contributed by atoms with Gasteiger partial charge in [-0.2, -0.15) is 0 Å². The molecule has 0 atom stereocenters. The standard InChI is InChI=1S/C26H15N5S/c1-3-7-21-18(5-1)20-13-28-26-23(19-6-2-4-8-22(19)32-26)24(20)31(21)17-11-9-16(10-12-17)25-29-14-27-15-30-25/h1-15H. The van der Waals surface area contributed by atoms with Crippen molar-refractivity contribution in [3.63, 3.8) is 0 Å². The lowest BCUT2D eigenvalue weighted by Gasteiger charge is -2.09. The number of para-hydroxylation sites is 1. The van der Waals surface area contributed by atoms with E-state index in [4.69, 9.17) is 4.98 Å². The molecule has 6 heteroatoms. The lowest BCUT2D eigenvalue weighted by atomic mass is 10.1. The topological polar surface area (TPSA) is 56.5 Å². The molecule has 0 saturated carbocycles. The van der Waals surface area contributed by atoms with Crippen LogP contribution >= 0.6 is 11.3 Å². The van der Waals surface area contributed by atoms with E-state index in [1.807, 2.05) is 6.20 Å². The lowest BCUT2D eigenvalue weighted by Crippen LogP contribution is -1.95. The van der Waals surface area contributed by atoms with Gasteiger partial charge >= 0.3 is 0 Å². The zero-order valence-corrected chi connectivity index (χ0v) is 17.6. The van der Waals surface area contributed by atoms with Crippen molar-refractivity contribution >= 4 is 53.4 Å². The van der Waals surface area contributed by atoms with E-state index in [9.17, 15) is 0 Å². The van der Waals surface area contributed by atoms with Crippen LogP contribution in [0.25, 0.3) is 59.2 Å². The maximum absolute atomic E-state index is 4.84. The van der Waals surface area contributed by atoms with E-state index in [2.05, 4.69) is 92.3 Å². The highest BCUT2D eigenvalue weighted by molar-refractivity contribution is 7.25. The summed E-state index contributed by atoms with van der Waals surface area (Å²) < 4.78 is 3.61. The third kappa shape index (κ3) is 2.44. The largest absolute Gasteiger partial charge is 0.308 e. The van der Waals surface area contributed by atoms with Gasteiger partial charge in [-0.15, -0.1) is 11.3 Å². The molecule has 0 radical (unpaired) electrons. The molecule has 7 rings (SSSR count). The fraction of sp³-hybridized carbons (Fsp3) is 0. The second kappa shape index (κ2) is 6.67. The van der Waals surface area contributed by atoms with Crippen LogP contribution in [0.4, 0.5) is 0 Å². The number of hydrogen-bond acceptors (Lipinski definition) is 5. The normalized spacial score (nSPS) is 11.8. The Morgan fingerprint density at radius 1 is 0.688 bits per heavy atom. The predicted molar refractivity (Wildman–Crippen MR) is 130 cm³/mol. The minimum atomic E-state index is 0.671. The highest BCUT2D eigenvalue weighted by atomic mass is 32.1. The average Bonchev–Trinajstić information content (AvgIpc) is 3.40. The lowest BCUT2D eigenvalue weighted by molar-refractivity contribution is 1.05. The minimum absolute atomic E-state index is 0.671. The number of nitrogens with zero attached hydrogens (tertiary/aromatic N) is 5. The fourth-order valence-electron chi connectivity index (χ4n) is 4.53. The summed E-state index contributed by atoms with van der Waals surface area (Å²) in [6.07, 6.45) is 5.06. The summed E-state index contributed by atoms with van der Waals surface area (Å²) >= 11 is 1.74.